The molecule has 0 atom stereocenters. The lowest BCUT2D eigenvalue weighted by molar-refractivity contribution is 0.317. The first-order valence-corrected chi connectivity index (χ1v) is 16.3. The number of pyridine rings is 2. The number of halogens is 1. The van der Waals surface area contributed by atoms with E-state index in [-0.39, 0.29) is 0 Å². The van der Waals surface area contributed by atoms with E-state index in [4.69, 9.17) is 9.15 Å². The number of benzene rings is 1. The maximum atomic E-state index is 15.2. The highest BCUT2D eigenvalue weighted by Crippen LogP contribution is 2.39. The van der Waals surface area contributed by atoms with Crippen molar-refractivity contribution in [2.75, 3.05) is 18.5 Å². The first kappa shape index (κ1) is 38.1. The zero-order valence-electron chi connectivity index (χ0n) is 28.5. The van der Waals surface area contributed by atoms with Crippen molar-refractivity contribution in [2.45, 2.75) is 94.4 Å². The van der Waals surface area contributed by atoms with Gasteiger partial charge in [0.1, 0.15) is 11.5 Å². The van der Waals surface area contributed by atoms with E-state index in [9.17, 15) is 0 Å². The van der Waals surface area contributed by atoms with Crippen LogP contribution in [0.3, 0.4) is 0 Å². The predicted octanol–water partition coefficient (Wildman–Crippen LogP) is 11.4. The van der Waals surface area contributed by atoms with E-state index < -0.39 is 5.82 Å². The highest BCUT2D eigenvalue weighted by atomic mass is 19.1. The molecule has 44 heavy (non-hydrogen) atoms. The predicted molar refractivity (Wildman–Crippen MR) is 187 cm³/mol. The zero-order chi connectivity index (χ0) is 32.7. The molecule has 0 spiro atoms. The molecule has 6 heteroatoms. The Kier molecular flexibility index (Phi) is 19.6. The lowest BCUT2D eigenvalue weighted by Crippen LogP contribution is -2.08. The Morgan fingerprint density at radius 1 is 0.977 bits per heavy atom. The molecule has 240 valence electrons. The summed E-state index contributed by atoms with van der Waals surface area (Å²) in [6, 6.07) is 13.7. The summed E-state index contributed by atoms with van der Waals surface area (Å²) in [5.74, 6) is 1.11. The second-order valence-electron chi connectivity index (χ2n) is 9.53. The topological polar surface area (TPSA) is 60.2 Å². The van der Waals surface area contributed by atoms with Crippen LogP contribution < -0.4 is 10.1 Å². The van der Waals surface area contributed by atoms with Gasteiger partial charge in [0, 0.05) is 36.0 Å². The van der Waals surface area contributed by atoms with Gasteiger partial charge >= 0.3 is 0 Å². The Balaban J connectivity index is 0.00000128. The zero-order valence-corrected chi connectivity index (χ0v) is 28.5. The number of furan rings is 1. The van der Waals surface area contributed by atoms with Crippen LogP contribution in [0.15, 0.2) is 83.1 Å². The lowest BCUT2D eigenvalue weighted by Gasteiger charge is -2.11. The van der Waals surface area contributed by atoms with Gasteiger partial charge in [-0.15, -0.1) is 0 Å². The molecule has 1 N–H and O–H groups in total. The van der Waals surface area contributed by atoms with E-state index in [0.29, 0.717) is 48.5 Å². The monoisotopic (exact) mass is 603 g/mol. The molecule has 3 heterocycles. The summed E-state index contributed by atoms with van der Waals surface area (Å²) >= 11 is 0. The number of nitrogens with zero attached hydrogens (tertiary/aromatic N) is 2. The minimum Gasteiger partial charge on any atom is -0.494 e. The molecule has 0 aliphatic heterocycles. The number of allylic oxidation sites excluding steroid dienone is 4. The van der Waals surface area contributed by atoms with Crippen molar-refractivity contribution in [2.24, 2.45) is 0 Å². The van der Waals surface area contributed by atoms with E-state index in [1.54, 1.807) is 6.20 Å². The molecule has 0 unspecified atom stereocenters. The minimum atomic E-state index is -0.402. The molecular weight excluding hydrogens is 549 g/mol. The smallest absolute Gasteiger partial charge is 0.229 e. The normalized spacial score (nSPS) is 10.7. The highest BCUT2D eigenvalue weighted by Gasteiger charge is 2.23. The van der Waals surface area contributed by atoms with Gasteiger partial charge in [-0.2, -0.15) is 0 Å². The van der Waals surface area contributed by atoms with Crippen molar-refractivity contribution < 1.29 is 13.5 Å². The summed E-state index contributed by atoms with van der Waals surface area (Å²) < 4.78 is 27.3. The molecule has 4 aromatic rings. The van der Waals surface area contributed by atoms with Gasteiger partial charge in [0.15, 0.2) is 5.82 Å². The third kappa shape index (κ3) is 11.6. The van der Waals surface area contributed by atoms with Gasteiger partial charge < -0.3 is 14.5 Å². The van der Waals surface area contributed by atoms with Crippen molar-refractivity contribution in [3.05, 3.63) is 95.7 Å². The molecule has 0 saturated carbocycles. The number of nitrogens with one attached hydrogen (secondary N) is 1. The number of fused-ring (bicyclic) bond motifs is 1. The van der Waals surface area contributed by atoms with Crippen molar-refractivity contribution in [3.8, 4) is 17.1 Å². The summed E-state index contributed by atoms with van der Waals surface area (Å²) in [5, 5.41) is 3.99. The molecule has 4 rings (SSSR count). The lowest BCUT2D eigenvalue weighted by atomic mass is 9.97. The maximum absolute atomic E-state index is 15.2. The van der Waals surface area contributed by atoms with Gasteiger partial charge in [-0.1, -0.05) is 91.7 Å². The fourth-order valence-electron chi connectivity index (χ4n) is 4.22. The van der Waals surface area contributed by atoms with Gasteiger partial charge in [-0.3, -0.25) is 4.98 Å². The number of anilines is 1. The van der Waals surface area contributed by atoms with Crippen LogP contribution in [0.25, 0.3) is 22.4 Å². The molecule has 0 aliphatic carbocycles. The Morgan fingerprint density at radius 3 is 2.27 bits per heavy atom. The van der Waals surface area contributed by atoms with Crippen LogP contribution >= 0.6 is 0 Å². The van der Waals surface area contributed by atoms with Crippen LogP contribution in [0.2, 0.25) is 0 Å². The fourth-order valence-corrected chi connectivity index (χ4v) is 4.22. The van der Waals surface area contributed by atoms with Crippen molar-refractivity contribution >= 4 is 16.8 Å². The highest BCUT2D eigenvalue weighted by molar-refractivity contribution is 5.96. The third-order valence-electron chi connectivity index (χ3n) is 6.15. The van der Waals surface area contributed by atoms with Crippen LogP contribution in [0.1, 0.15) is 92.8 Å². The standard InChI is InChI=1S/C31H34FN3O2.C3H8.2C2H6/c1-4-7-10-22(6-3)20-26-28-29(34-18-16-24-11-8-9-17-33-24)27(32)21-35-31(28)37-30(26)23-12-14-25(15-13-23)36-19-5-2;1-3-2;2*1-2/h4,7-15,17,21H,5-6,16,18-20H2,1-3H3,(H,34,35);3H2,1-2H3;2*1-2H3/b7-4-,22-10+;;;. The van der Waals surface area contributed by atoms with E-state index >= 15 is 4.39 Å². The molecule has 1 aromatic carbocycles. The number of ether oxygens (including phenoxy) is 1. The van der Waals surface area contributed by atoms with Crippen molar-refractivity contribution in [1.82, 2.24) is 9.97 Å². The van der Waals surface area contributed by atoms with Gasteiger partial charge in [0.05, 0.1) is 23.9 Å². The number of rotatable bonds is 12. The SMILES string of the molecule is C/C=C\C=C(/CC)Cc1c(-c2ccc(OCCC)cc2)oc2ncc(F)c(NCCc3ccccn3)c12.CC.CC.CCC. The molecule has 3 aromatic heterocycles. The molecule has 0 fully saturated rings. The van der Waals surface area contributed by atoms with Crippen LogP contribution in [-0.4, -0.2) is 23.1 Å². The second-order valence-corrected chi connectivity index (χ2v) is 9.53. The third-order valence-corrected chi connectivity index (χ3v) is 6.15. The first-order chi connectivity index (χ1) is 21.6. The molecule has 5 nitrogen and oxygen atoms in total. The average Bonchev–Trinajstić information content (AvgIpc) is 3.44. The van der Waals surface area contributed by atoms with Crippen LogP contribution in [-0.2, 0) is 12.8 Å². The molecule has 0 radical (unpaired) electrons. The van der Waals surface area contributed by atoms with Gasteiger partial charge in [-0.05, 0) is 62.6 Å². The second kappa shape index (κ2) is 22.6. The average molecular weight is 604 g/mol. The number of hydrogen-bond acceptors (Lipinski definition) is 5. The van der Waals surface area contributed by atoms with E-state index in [0.717, 1.165) is 35.4 Å². The summed E-state index contributed by atoms with van der Waals surface area (Å²) in [4.78, 5) is 8.69. The molecule has 0 amide bonds. The quantitative estimate of drug-likeness (QED) is 0.163. The van der Waals surface area contributed by atoms with E-state index in [1.807, 2.05) is 89.2 Å². The van der Waals surface area contributed by atoms with Crippen LogP contribution in [0, 0.1) is 5.82 Å². The Hall–Kier alpha value is -3.93. The van der Waals surface area contributed by atoms with Crippen molar-refractivity contribution in [1.29, 1.82) is 0 Å². The van der Waals surface area contributed by atoms with Crippen LogP contribution in [0.4, 0.5) is 10.1 Å². The summed E-state index contributed by atoms with van der Waals surface area (Å²) in [7, 11) is 0. The van der Waals surface area contributed by atoms with E-state index in [2.05, 4.69) is 49.1 Å². The Labute approximate surface area is 265 Å². The van der Waals surface area contributed by atoms with Crippen molar-refractivity contribution in [3.63, 3.8) is 0 Å². The largest absolute Gasteiger partial charge is 0.494 e. The summed E-state index contributed by atoms with van der Waals surface area (Å²) in [5.41, 5.74) is 4.81. The molecular formula is C38H54FN3O2. The Bertz CT molecular complexity index is 1380. The van der Waals surface area contributed by atoms with Crippen LogP contribution in [0.5, 0.6) is 5.75 Å². The maximum Gasteiger partial charge on any atom is 0.229 e. The molecule has 0 saturated heterocycles. The Morgan fingerprint density at radius 2 is 1.68 bits per heavy atom. The first-order valence-electron chi connectivity index (χ1n) is 16.3. The molecule has 0 aliphatic rings. The summed E-state index contributed by atoms with van der Waals surface area (Å²) in [6.45, 7) is 19.7. The summed E-state index contributed by atoms with van der Waals surface area (Å²) in [6.07, 6.45) is 13.5. The van der Waals surface area contributed by atoms with Gasteiger partial charge in [-0.25, -0.2) is 9.37 Å². The van der Waals surface area contributed by atoms with E-state index in [1.165, 1.54) is 18.2 Å². The number of aromatic nitrogens is 2. The fraction of sp³-hybridized carbons (Fsp3) is 0.421. The minimum absolute atomic E-state index is 0.402. The van der Waals surface area contributed by atoms with Gasteiger partial charge in [0.25, 0.3) is 0 Å². The number of hydrogen-bond donors (Lipinski definition) is 1. The van der Waals surface area contributed by atoms with Gasteiger partial charge in [0.2, 0.25) is 5.71 Å². The molecule has 0 bridgehead atoms.